The largest absolute Gasteiger partial charge is 0.465 e. The maximum Gasteiger partial charge on any atom is 0.260 e. The van der Waals surface area contributed by atoms with E-state index in [1.165, 1.54) is 10.4 Å². The van der Waals surface area contributed by atoms with Crippen molar-refractivity contribution >= 4 is 24.5 Å². The number of fused-ring (bicyclic) bond motifs is 1. The van der Waals surface area contributed by atoms with Crippen molar-refractivity contribution in [2.75, 3.05) is 0 Å². The first kappa shape index (κ1) is 19.6. The Morgan fingerprint density at radius 1 is 0.897 bits per heavy atom. The van der Waals surface area contributed by atoms with Crippen LogP contribution in [0, 0.1) is 0 Å². The molecule has 4 rings (SSSR count). The lowest BCUT2D eigenvalue weighted by molar-refractivity contribution is -0.00903. The quantitative estimate of drug-likeness (QED) is 0.544. The Bertz CT molecular complexity index is 917. The summed E-state index contributed by atoms with van der Waals surface area (Å²) in [7, 11) is -2.58. The van der Waals surface area contributed by atoms with E-state index in [4.69, 9.17) is 9.16 Å². The van der Waals surface area contributed by atoms with Gasteiger partial charge in [0.1, 0.15) is 5.75 Å². The summed E-state index contributed by atoms with van der Waals surface area (Å²) < 4.78 is 13.0. The Kier molecular flexibility index (Phi) is 5.93. The first-order valence-corrected chi connectivity index (χ1v) is 12.4. The van der Waals surface area contributed by atoms with Crippen LogP contribution in [0.1, 0.15) is 36.5 Å². The predicted molar refractivity (Wildman–Crippen MR) is 119 cm³/mol. The predicted octanol–water partition coefficient (Wildman–Crippen LogP) is 4.55. The number of hydrogen-bond acceptors (Lipinski definition) is 3. The lowest BCUT2D eigenvalue weighted by Gasteiger charge is -2.37. The fraction of sp³-hybridized carbons (Fsp3) is 0.240. The Balaban J connectivity index is 1.75. The zero-order valence-electron chi connectivity index (χ0n) is 16.7. The number of benzene rings is 3. The molecule has 148 valence electrons. The molecule has 0 N–H and O–H groups in total. The van der Waals surface area contributed by atoms with Crippen LogP contribution in [0.3, 0.4) is 0 Å². The number of Topliss-reactive ketones (excluding diaryl/α,β-unsaturated/α-hetero) is 1. The van der Waals surface area contributed by atoms with Gasteiger partial charge in [0, 0.05) is 0 Å². The van der Waals surface area contributed by atoms with Crippen molar-refractivity contribution < 1.29 is 14.0 Å². The molecule has 0 saturated heterocycles. The highest BCUT2D eigenvalue weighted by atomic mass is 28.4. The SMILES string of the molecule is CCCC[Si](OC1CC(=O)c2ccccc2O1)(c1ccccc1)c1ccccc1. The van der Waals surface area contributed by atoms with Crippen LogP contribution in [0.2, 0.25) is 6.04 Å². The van der Waals surface area contributed by atoms with Crippen molar-refractivity contribution in [3.63, 3.8) is 0 Å². The third kappa shape index (κ3) is 4.04. The van der Waals surface area contributed by atoms with E-state index in [0.717, 1.165) is 18.9 Å². The maximum absolute atomic E-state index is 12.7. The van der Waals surface area contributed by atoms with Crippen molar-refractivity contribution in [2.24, 2.45) is 0 Å². The molecule has 29 heavy (non-hydrogen) atoms. The molecular formula is C25H26O3Si. The van der Waals surface area contributed by atoms with Gasteiger partial charge in [0.25, 0.3) is 8.32 Å². The summed E-state index contributed by atoms with van der Waals surface area (Å²) in [6, 6.07) is 29.4. The Hall–Kier alpha value is -2.69. The third-order valence-electron chi connectivity index (χ3n) is 5.49. The van der Waals surface area contributed by atoms with Gasteiger partial charge in [0.05, 0.1) is 12.0 Å². The highest BCUT2D eigenvalue weighted by molar-refractivity contribution is 6.97. The number of hydrogen-bond donors (Lipinski definition) is 0. The van der Waals surface area contributed by atoms with E-state index in [1.807, 2.05) is 36.4 Å². The number of carbonyl (C=O) groups is 1. The van der Waals surface area contributed by atoms with Crippen LogP contribution in [0.4, 0.5) is 0 Å². The Morgan fingerprint density at radius 3 is 2.10 bits per heavy atom. The summed E-state index contributed by atoms with van der Waals surface area (Å²) in [4.78, 5) is 12.7. The van der Waals surface area contributed by atoms with Crippen molar-refractivity contribution in [3.8, 4) is 5.75 Å². The van der Waals surface area contributed by atoms with Crippen LogP contribution >= 0.6 is 0 Å². The van der Waals surface area contributed by atoms with E-state index < -0.39 is 14.6 Å². The first-order chi connectivity index (χ1) is 14.2. The lowest BCUT2D eigenvalue weighted by atomic mass is 10.0. The molecule has 0 amide bonds. The van der Waals surface area contributed by atoms with Gasteiger partial charge in [0.2, 0.25) is 0 Å². The van der Waals surface area contributed by atoms with Gasteiger partial charge in [-0.3, -0.25) is 4.79 Å². The average molecular weight is 403 g/mol. The molecule has 1 aliphatic rings. The third-order valence-corrected chi connectivity index (χ3v) is 9.75. The van der Waals surface area contributed by atoms with Crippen molar-refractivity contribution in [2.45, 2.75) is 38.5 Å². The fourth-order valence-electron chi connectivity index (χ4n) is 4.03. The van der Waals surface area contributed by atoms with E-state index in [0.29, 0.717) is 11.3 Å². The smallest absolute Gasteiger partial charge is 0.260 e. The van der Waals surface area contributed by atoms with Gasteiger partial charge in [-0.1, -0.05) is 92.6 Å². The van der Waals surface area contributed by atoms with Gasteiger partial charge in [-0.15, -0.1) is 0 Å². The standard InChI is InChI=1S/C25H26O3Si/c1-2-3-18-29(20-12-6-4-7-13-20,21-14-8-5-9-15-21)28-25-19-23(26)22-16-10-11-17-24(22)27-25/h4-17,25H,2-3,18-19H2,1H3. The van der Waals surface area contributed by atoms with Gasteiger partial charge >= 0.3 is 0 Å². The molecule has 0 bridgehead atoms. The molecule has 0 spiro atoms. The molecule has 1 heterocycles. The molecule has 0 aromatic heterocycles. The molecule has 0 aliphatic carbocycles. The lowest BCUT2D eigenvalue weighted by Crippen LogP contribution is -2.63. The molecule has 3 aromatic rings. The van der Waals surface area contributed by atoms with Crippen LogP contribution in [-0.4, -0.2) is 20.4 Å². The molecule has 3 nitrogen and oxygen atoms in total. The van der Waals surface area contributed by atoms with E-state index in [2.05, 4.69) is 55.5 Å². The summed E-state index contributed by atoms with van der Waals surface area (Å²) in [5.74, 6) is 0.699. The van der Waals surface area contributed by atoms with Gasteiger partial charge in [-0.25, -0.2) is 0 Å². The minimum absolute atomic E-state index is 0.0800. The van der Waals surface area contributed by atoms with Crippen LogP contribution in [0.15, 0.2) is 84.9 Å². The van der Waals surface area contributed by atoms with Crippen molar-refractivity contribution in [1.82, 2.24) is 0 Å². The van der Waals surface area contributed by atoms with Crippen molar-refractivity contribution in [1.29, 1.82) is 0 Å². The van der Waals surface area contributed by atoms with E-state index in [1.54, 1.807) is 0 Å². The van der Waals surface area contributed by atoms with Crippen LogP contribution in [0.25, 0.3) is 0 Å². The molecular weight excluding hydrogens is 376 g/mol. The molecule has 4 heteroatoms. The molecule has 3 aromatic carbocycles. The summed E-state index contributed by atoms with van der Waals surface area (Å²) >= 11 is 0. The van der Waals surface area contributed by atoms with Crippen LogP contribution < -0.4 is 15.1 Å². The maximum atomic E-state index is 12.7. The molecule has 0 saturated carbocycles. The molecule has 1 unspecified atom stereocenters. The Morgan fingerprint density at radius 2 is 1.48 bits per heavy atom. The van der Waals surface area contributed by atoms with Gasteiger partial charge < -0.3 is 9.16 Å². The molecule has 0 radical (unpaired) electrons. The topological polar surface area (TPSA) is 35.5 Å². The minimum Gasteiger partial charge on any atom is -0.465 e. The summed E-state index contributed by atoms with van der Waals surface area (Å²) in [5.41, 5.74) is 0.646. The second-order valence-corrected chi connectivity index (χ2v) is 11.0. The average Bonchev–Trinajstić information content (AvgIpc) is 2.78. The Labute approximate surface area is 173 Å². The van der Waals surface area contributed by atoms with Crippen molar-refractivity contribution in [3.05, 3.63) is 90.5 Å². The second-order valence-electron chi connectivity index (χ2n) is 7.45. The van der Waals surface area contributed by atoms with Crippen LogP contribution in [0.5, 0.6) is 5.75 Å². The van der Waals surface area contributed by atoms with Gasteiger partial charge in [-0.05, 0) is 28.6 Å². The number of para-hydroxylation sites is 1. The molecule has 1 aliphatic heterocycles. The zero-order valence-corrected chi connectivity index (χ0v) is 17.7. The van der Waals surface area contributed by atoms with Gasteiger partial charge in [0.15, 0.2) is 12.1 Å². The summed E-state index contributed by atoms with van der Waals surface area (Å²) in [6.07, 6.45) is 1.83. The number of unbranched alkanes of at least 4 members (excludes halogenated alkanes) is 1. The van der Waals surface area contributed by atoms with Gasteiger partial charge in [-0.2, -0.15) is 0 Å². The second kappa shape index (κ2) is 8.76. The molecule has 1 atom stereocenters. The number of ether oxygens (including phenoxy) is 1. The minimum atomic E-state index is -2.58. The molecule has 0 fully saturated rings. The zero-order chi connectivity index (χ0) is 20.1. The highest BCUT2D eigenvalue weighted by Gasteiger charge is 2.43. The van der Waals surface area contributed by atoms with Crippen LogP contribution in [-0.2, 0) is 4.43 Å². The highest BCUT2D eigenvalue weighted by Crippen LogP contribution is 2.30. The number of ketones is 1. The number of carbonyl (C=O) groups excluding carboxylic acids is 1. The first-order valence-electron chi connectivity index (χ1n) is 10.3. The summed E-state index contributed by atoms with van der Waals surface area (Å²) in [5, 5.41) is 2.43. The van der Waals surface area contributed by atoms with E-state index >= 15 is 0 Å². The van der Waals surface area contributed by atoms with E-state index in [-0.39, 0.29) is 12.2 Å². The number of rotatable bonds is 7. The monoisotopic (exact) mass is 402 g/mol. The normalized spacial score (nSPS) is 16.2. The van der Waals surface area contributed by atoms with E-state index in [9.17, 15) is 4.79 Å². The fourth-order valence-corrected chi connectivity index (χ4v) is 8.22. The summed E-state index contributed by atoms with van der Waals surface area (Å²) in [6.45, 7) is 2.20.